The fourth-order valence-electron chi connectivity index (χ4n) is 2.83. The van der Waals surface area contributed by atoms with Crippen LogP contribution in [0.4, 0.5) is 8.78 Å². The molecule has 1 unspecified atom stereocenters. The third kappa shape index (κ3) is 4.33. The summed E-state index contributed by atoms with van der Waals surface area (Å²) in [6.07, 6.45) is 0.143. The number of nitrogens with zero attached hydrogens (tertiary/aromatic N) is 1. The van der Waals surface area contributed by atoms with E-state index in [-0.39, 0.29) is 35.3 Å². The Hall–Kier alpha value is -2.47. The molecule has 2 aromatic carbocycles. The van der Waals surface area contributed by atoms with Crippen LogP contribution in [0.2, 0.25) is 5.02 Å². The highest BCUT2D eigenvalue weighted by atomic mass is 35.5. The molecule has 0 bridgehead atoms. The molecule has 0 radical (unpaired) electrons. The number of halogens is 3. The van der Waals surface area contributed by atoms with Crippen molar-refractivity contribution in [2.24, 2.45) is 0 Å². The van der Waals surface area contributed by atoms with E-state index in [1.54, 1.807) is 17.0 Å². The van der Waals surface area contributed by atoms with Gasteiger partial charge in [0.05, 0.1) is 6.04 Å². The molecule has 1 saturated heterocycles. The summed E-state index contributed by atoms with van der Waals surface area (Å²) in [5.41, 5.74) is 0.776. The Morgan fingerprint density at radius 2 is 2.00 bits per heavy atom. The van der Waals surface area contributed by atoms with Crippen molar-refractivity contribution < 1.29 is 18.4 Å². The van der Waals surface area contributed by atoms with Crippen LogP contribution in [0.25, 0.3) is 0 Å². The van der Waals surface area contributed by atoms with Gasteiger partial charge in [-0.3, -0.25) is 9.59 Å². The van der Waals surface area contributed by atoms with Gasteiger partial charge < -0.3 is 10.2 Å². The lowest BCUT2D eigenvalue weighted by Crippen LogP contribution is -2.37. The van der Waals surface area contributed by atoms with Crippen LogP contribution in [0, 0.1) is 11.6 Å². The van der Waals surface area contributed by atoms with Crippen molar-refractivity contribution in [1.29, 1.82) is 0 Å². The van der Waals surface area contributed by atoms with Crippen LogP contribution >= 0.6 is 11.6 Å². The van der Waals surface area contributed by atoms with E-state index >= 15 is 0 Å². The van der Waals surface area contributed by atoms with Gasteiger partial charge >= 0.3 is 0 Å². The zero-order chi connectivity index (χ0) is 18.0. The third-order valence-corrected chi connectivity index (χ3v) is 4.16. The molecule has 0 saturated carbocycles. The lowest BCUT2D eigenvalue weighted by Gasteiger charge is -2.17. The Balaban J connectivity index is 1.63. The molecule has 1 atom stereocenters. The highest BCUT2D eigenvalue weighted by molar-refractivity contribution is 6.31. The number of rotatable bonds is 4. The number of nitrogens with one attached hydrogen (secondary N) is 1. The summed E-state index contributed by atoms with van der Waals surface area (Å²) in [5, 5.41) is 2.83. The first-order chi connectivity index (χ1) is 11.9. The maximum absolute atomic E-state index is 13.3. The summed E-state index contributed by atoms with van der Waals surface area (Å²) in [6, 6.07) is 9.18. The van der Waals surface area contributed by atoms with Crippen molar-refractivity contribution in [2.45, 2.75) is 19.0 Å². The highest BCUT2D eigenvalue weighted by Gasteiger charge is 2.30. The van der Waals surface area contributed by atoms with Gasteiger partial charge in [-0.25, -0.2) is 8.78 Å². The number of benzene rings is 2. The number of amides is 2. The largest absolute Gasteiger partial charge is 0.347 e. The van der Waals surface area contributed by atoms with Gasteiger partial charge in [-0.1, -0.05) is 23.7 Å². The molecule has 25 heavy (non-hydrogen) atoms. The zero-order valence-corrected chi connectivity index (χ0v) is 13.9. The van der Waals surface area contributed by atoms with Crippen LogP contribution in [0.1, 0.15) is 22.3 Å². The molecule has 1 aliphatic rings. The Morgan fingerprint density at radius 1 is 1.20 bits per heavy atom. The van der Waals surface area contributed by atoms with Crippen molar-refractivity contribution in [2.75, 3.05) is 6.54 Å². The predicted octanol–water partition coefficient (Wildman–Crippen LogP) is 3.15. The predicted molar refractivity (Wildman–Crippen MR) is 89.1 cm³/mol. The van der Waals surface area contributed by atoms with E-state index in [0.717, 1.165) is 12.1 Å². The maximum atomic E-state index is 13.3. The van der Waals surface area contributed by atoms with Gasteiger partial charge in [0.25, 0.3) is 5.91 Å². The smallest absolute Gasteiger partial charge is 0.251 e. The van der Waals surface area contributed by atoms with Crippen LogP contribution < -0.4 is 5.32 Å². The quantitative estimate of drug-likeness (QED) is 0.906. The minimum absolute atomic E-state index is 0.0982. The molecule has 2 aromatic rings. The summed E-state index contributed by atoms with van der Waals surface area (Å²) < 4.78 is 26.6. The van der Waals surface area contributed by atoms with Gasteiger partial charge in [0.2, 0.25) is 5.91 Å². The van der Waals surface area contributed by atoms with Crippen LogP contribution in [0.3, 0.4) is 0 Å². The van der Waals surface area contributed by atoms with E-state index < -0.39 is 17.8 Å². The first kappa shape index (κ1) is 17.4. The van der Waals surface area contributed by atoms with E-state index in [1.807, 2.05) is 0 Å². The summed E-state index contributed by atoms with van der Waals surface area (Å²) >= 11 is 5.75. The monoisotopic (exact) mass is 364 g/mol. The Bertz CT molecular complexity index is 808. The van der Waals surface area contributed by atoms with E-state index in [1.165, 1.54) is 18.2 Å². The molecular formula is C18H15ClF2N2O2. The van der Waals surface area contributed by atoms with Crippen molar-refractivity contribution in [1.82, 2.24) is 10.2 Å². The molecule has 0 spiro atoms. The average Bonchev–Trinajstić information content (AvgIpc) is 2.86. The van der Waals surface area contributed by atoms with Gasteiger partial charge in [0, 0.05) is 30.1 Å². The van der Waals surface area contributed by atoms with Crippen LogP contribution in [0.15, 0.2) is 42.5 Å². The minimum Gasteiger partial charge on any atom is -0.347 e. The number of carbonyl (C=O) groups excluding carboxylic acids is 2. The van der Waals surface area contributed by atoms with Crippen molar-refractivity contribution in [3.05, 3.63) is 70.2 Å². The summed E-state index contributed by atoms with van der Waals surface area (Å²) in [7, 11) is 0. The van der Waals surface area contributed by atoms with Crippen LogP contribution in [-0.2, 0) is 11.3 Å². The zero-order valence-electron chi connectivity index (χ0n) is 13.1. The third-order valence-electron chi connectivity index (χ3n) is 3.94. The SMILES string of the molecule is O=C(NC1CC(=O)N(Cc2cccc(F)c2)C1)c1cc(F)cc(Cl)c1. The molecular weight excluding hydrogens is 350 g/mol. The second kappa shape index (κ2) is 7.19. The van der Waals surface area contributed by atoms with E-state index in [4.69, 9.17) is 11.6 Å². The van der Waals surface area contributed by atoms with Gasteiger partial charge in [-0.15, -0.1) is 0 Å². The molecule has 130 valence electrons. The van der Waals surface area contributed by atoms with Gasteiger partial charge in [-0.2, -0.15) is 0 Å². The minimum atomic E-state index is -0.604. The molecule has 0 aliphatic carbocycles. The molecule has 1 aliphatic heterocycles. The Labute approximate surface area is 148 Å². The van der Waals surface area contributed by atoms with Gasteiger partial charge in [-0.05, 0) is 35.9 Å². The van der Waals surface area contributed by atoms with Gasteiger partial charge in [0.15, 0.2) is 0 Å². The molecule has 3 rings (SSSR count). The second-order valence-corrected chi connectivity index (χ2v) is 6.37. The standard InChI is InChI=1S/C18H15ClF2N2O2/c19-13-5-12(6-15(21)7-13)18(25)22-16-8-17(24)23(10-16)9-11-2-1-3-14(20)4-11/h1-7,16H,8-10H2,(H,22,25). The number of hydrogen-bond donors (Lipinski definition) is 1. The Kier molecular flexibility index (Phi) is 4.99. The van der Waals surface area contributed by atoms with E-state index in [2.05, 4.69) is 5.32 Å². The molecule has 1 heterocycles. The summed E-state index contributed by atoms with van der Waals surface area (Å²) in [5.74, 6) is -1.59. The fourth-order valence-corrected chi connectivity index (χ4v) is 3.05. The van der Waals surface area contributed by atoms with Crippen molar-refractivity contribution >= 4 is 23.4 Å². The number of likely N-dealkylation sites (tertiary alicyclic amines) is 1. The molecule has 4 nitrogen and oxygen atoms in total. The molecule has 0 aromatic heterocycles. The van der Waals surface area contributed by atoms with Crippen LogP contribution in [-0.4, -0.2) is 29.3 Å². The number of carbonyl (C=O) groups is 2. The summed E-state index contributed by atoms with van der Waals surface area (Å²) in [6.45, 7) is 0.582. The molecule has 2 amide bonds. The number of hydrogen-bond acceptors (Lipinski definition) is 2. The normalized spacial score (nSPS) is 17.0. The van der Waals surface area contributed by atoms with Gasteiger partial charge in [0.1, 0.15) is 11.6 Å². The lowest BCUT2D eigenvalue weighted by molar-refractivity contribution is -0.128. The lowest BCUT2D eigenvalue weighted by atomic mass is 10.2. The van der Waals surface area contributed by atoms with E-state index in [9.17, 15) is 18.4 Å². The topological polar surface area (TPSA) is 49.4 Å². The second-order valence-electron chi connectivity index (χ2n) is 5.94. The fraction of sp³-hybridized carbons (Fsp3) is 0.222. The molecule has 1 N–H and O–H groups in total. The maximum Gasteiger partial charge on any atom is 0.251 e. The van der Waals surface area contributed by atoms with E-state index in [0.29, 0.717) is 12.1 Å². The first-order valence-electron chi connectivity index (χ1n) is 7.70. The Morgan fingerprint density at radius 3 is 2.72 bits per heavy atom. The highest BCUT2D eigenvalue weighted by Crippen LogP contribution is 2.18. The molecule has 1 fully saturated rings. The molecule has 7 heteroatoms. The summed E-state index contributed by atoms with van der Waals surface area (Å²) in [4.78, 5) is 25.9. The first-order valence-corrected chi connectivity index (χ1v) is 8.07. The van der Waals surface area contributed by atoms with Crippen LogP contribution in [0.5, 0.6) is 0 Å². The van der Waals surface area contributed by atoms with Crippen molar-refractivity contribution in [3.63, 3.8) is 0 Å². The average molecular weight is 365 g/mol. The van der Waals surface area contributed by atoms with Crippen molar-refractivity contribution in [3.8, 4) is 0 Å².